The maximum atomic E-state index is 10.8. The van der Waals surface area contributed by atoms with E-state index in [4.69, 9.17) is 10.4 Å². The Hall–Kier alpha value is -1.54. The first-order valence-corrected chi connectivity index (χ1v) is 5.47. The molecule has 1 aromatic rings. The summed E-state index contributed by atoms with van der Waals surface area (Å²) in [5, 5.41) is 18.5. The molecule has 0 fully saturated rings. The Morgan fingerprint density at radius 3 is 2.60 bits per heavy atom. The molecule has 0 aliphatic heterocycles. The van der Waals surface area contributed by atoms with Gasteiger partial charge in [0.15, 0.2) is 0 Å². The van der Waals surface area contributed by atoms with E-state index in [-0.39, 0.29) is 4.88 Å². The fourth-order valence-corrected chi connectivity index (χ4v) is 2.39. The van der Waals surface area contributed by atoms with Gasteiger partial charge in [0.05, 0.1) is 5.56 Å². The Balaban J connectivity index is 3.17. The van der Waals surface area contributed by atoms with Gasteiger partial charge in [0.1, 0.15) is 15.9 Å². The van der Waals surface area contributed by atoms with Crippen LogP contribution in [0.1, 0.15) is 29.1 Å². The highest BCUT2D eigenvalue weighted by molar-refractivity contribution is 7.18. The Morgan fingerprint density at radius 1 is 1.60 bits per heavy atom. The lowest BCUT2D eigenvalue weighted by Crippen LogP contribution is -2.21. The van der Waals surface area contributed by atoms with Crippen LogP contribution in [0.15, 0.2) is 6.07 Å². The van der Waals surface area contributed by atoms with Crippen molar-refractivity contribution in [2.45, 2.75) is 13.8 Å². The molecule has 5 heteroatoms. The Kier molecular flexibility index (Phi) is 3.69. The number of nitrogens with zero attached hydrogens (tertiary/aromatic N) is 2. The van der Waals surface area contributed by atoms with Gasteiger partial charge in [-0.1, -0.05) is 0 Å². The van der Waals surface area contributed by atoms with E-state index >= 15 is 0 Å². The number of aromatic carboxylic acids is 1. The van der Waals surface area contributed by atoms with Crippen molar-refractivity contribution in [1.29, 1.82) is 5.26 Å². The molecule has 0 aliphatic rings. The zero-order valence-electron chi connectivity index (χ0n) is 8.65. The van der Waals surface area contributed by atoms with E-state index in [1.165, 1.54) is 6.07 Å². The summed E-state index contributed by atoms with van der Waals surface area (Å²) in [6.45, 7) is 5.49. The third-order valence-corrected chi connectivity index (χ3v) is 3.28. The van der Waals surface area contributed by atoms with E-state index in [9.17, 15) is 4.79 Å². The molecule has 1 rings (SSSR count). The van der Waals surface area contributed by atoms with E-state index in [1.54, 1.807) is 0 Å². The number of anilines is 1. The van der Waals surface area contributed by atoms with Crippen molar-refractivity contribution >= 4 is 22.3 Å². The first-order chi connectivity index (χ1) is 7.13. The van der Waals surface area contributed by atoms with Crippen LogP contribution in [0.25, 0.3) is 0 Å². The van der Waals surface area contributed by atoms with Gasteiger partial charge in [-0.05, 0) is 19.9 Å². The minimum Gasteiger partial charge on any atom is -0.477 e. The third-order valence-electron chi connectivity index (χ3n) is 2.09. The van der Waals surface area contributed by atoms with Crippen LogP contribution in [-0.2, 0) is 0 Å². The largest absolute Gasteiger partial charge is 0.477 e. The average molecular weight is 224 g/mol. The van der Waals surface area contributed by atoms with Gasteiger partial charge < -0.3 is 10.0 Å². The molecule has 0 amide bonds. The van der Waals surface area contributed by atoms with Gasteiger partial charge in [0.25, 0.3) is 0 Å². The van der Waals surface area contributed by atoms with Gasteiger partial charge in [-0.2, -0.15) is 5.26 Å². The van der Waals surface area contributed by atoms with E-state index < -0.39 is 5.97 Å². The van der Waals surface area contributed by atoms with Crippen LogP contribution >= 0.6 is 11.3 Å². The lowest BCUT2D eigenvalue weighted by atomic mass is 10.3. The minimum absolute atomic E-state index is 0.216. The molecule has 0 spiro atoms. The molecule has 0 saturated carbocycles. The summed E-state index contributed by atoms with van der Waals surface area (Å²) >= 11 is 1.15. The zero-order chi connectivity index (χ0) is 11.4. The van der Waals surface area contributed by atoms with Crippen molar-refractivity contribution in [2.24, 2.45) is 0 Å². The van der Waals surface area contributed by atoms with Crippen LogP contribution < -0.4 is 4.90 Å². The second kappa shape index (κ2) is 4.80. The standard InChI is InChI=1S/C10H12N2O2S/c1-3-12(4-2)9-7(6-11)5-8(15-9)10(13)14/h5H,3-4H2,1-2H3,(H,13,14). The van der Waals surface area contributed by atoms with Crippen molar-refractivity contribution in [3.05, 3.63) is 16.5 Å². The molecule has 0 aliphatic carbocycles. The average Bonchev–Trinajstić information content (AvgIpc) is 2.64. The van der Waals surface area contributed by atoms with E-state index in [2.05, 4.69) is 0 Å². The van der Waals surface area contributed by atoms with Crippen LogP contribution in [0, 0.1) is 11.3 Å². The Bertz CT molecular complexity index is 402. The lowest BCUT2D eigenvalue weighted by molar-refractivity contribution is 0.0702. The summed E-state index contributed by atoms with van der Waals surface area (Å²) in [5.74, 6) is -0.977. The second-order valence-electron chi connectivity index (χ2n) is 2.92. The second-order valence-corrected chi connectivity index (χ2v) is 3.95. The number of thiophene rings is 1. The molecule has 1 aromatic heterocycles. The topological polar surface area (TPSA) is 64.3 Å². The van der Waals surface area contributed by atoms with Crippen LogP contribution in [0.2, 0.25) is 0 Å². The molecule has 0 bridgehead atoms. The van der Waals surface area contributed by atoms with Crippen LogP contribution in [0.3, 0.4) is 0 Å². The number of rotatable bonds is 4. The SMILES string of the molecule is CCN(CC)c1sc(C(=O)O)cc1C#N. The highest BCUT2D eigenvalue weighted by Crippen LogP contribution is 2.30. The van der Waals surface area contributed by atoms with Gasteiger partial charge in [-0.3, -0.25) is 0 Å². The molecule has 0 radical (unpaired) electrons. The van der Waals surface area contributed by atoms with E-state index in [0.29, 0.717) is 5.56 Å². The van der Waals surface area contributed by atoms with Gasteiger partial charge in [0, 0.05) is 13.1 Å². The molecule has 15 heavy (non-hydrogen) atoms. The van der Waals surface area contributed by atoms with Crippen LogP contribution in [0.5, 0.6) is 0 Å². The summed E-state index contributed by atoms with van der Waals surface area (Å²) in [6.07, 6.45) is 0. The highest BCUT2D eigenvalue weighted by atomic mass is 32.1. The quantitative estimate of drug-likeness (QED) is 0.851. The molecular weight excluding hydrogens is 212 g/mol. The molecule has 0 aromatic carbocycles. The predicted octanol–water partition coefficient (Wildman–Crippen LogP) is 2.16. The number of carboxylic acid groups (broad SMARTS) is 1. The molecule has 0 atom stereocenters. The first-order valence-electron chi connectivity index (χ1n) is 4.66. The summed E-state index contributed by atoms with van der Waals surface area (Å²) in [7, 11) is 0. The summed E-state index contributed by atoms with van der Waals surface area (Å²) < 4.78 is 0. The first kappa shape index (κ1) is 11.5. The van der Waals surface area contributed by atoms with Crippen LogP contribution in [0.4, 0.5) is 5.00 Å². The van der Waals surface area contributed by atoms with Crippen molar-refractivity contribution < 1.29 is 9.90 Å². The smallest absolute Gasteiger partial charge is 0.345 e. The lowest BCUT2D eigenvalue weighted by Gasteiger charge is -2.18. The van der Waals surface area contributed by atoms with Gasteiger partial charge in [-0.15, -0.1) is 11.3 Å². The van der Waals surface area contributed by atoms with Crippen LogP contribution in [-0.4, -0.2) is 24.2 Å². The molecule has 1 N–H and O–H groups in total. The molecule has 0 unspecified atom stereocenters. The summed E-state index contributed by atoms with van der Waals surface area (Å²) in [4.78, 5) is 13.0. The number of carbonyl (C=O) groups is 1. The maximum absolute atomic E-state index is 10.8. The number of hydrogen-bond donors (Lipinski definition) is 1. The number of nitriles is 1. The number of hydrogen-bond acceptors (Lipinski definition) is 4. The van der Waals surface area contributed by atoms with Crippen molar-refractivity contribution in [3.8, 4) is 6.07 Å². The Morgan fingerprint density at radius 2 is 2.20 bits per heavy atom. The Labute approximate surface area is 92.4 Å². The van der Waals surface area contributed by atoms with Crippen molar-refractivity contribution in [3.63, 3.8) is 0 Å². The zero-order valence-corrected chi connectivity index (χ0v) is 9.47. The molecule has 4 nitrogen and oxygen atoms in total. The third kappa shape index (κ3) is 2.28. The predicted molar refractivity (Wildman–Crippen MR) is 59.6 cm³/mol. The molecular formula is C10H12N2O2S. The fourth-order valence-electron chi connectivity index (χ4n) is 1.31. The molecule has 80 valence electrons. The fraction of sp³-hybridized carbons (Fsp3) is 0.400. The van der Waals surface area contributed by atoms with Gasteiger partial charge in [0.2, 0.25) is 0 Å². The van der Waals surface area contributed by atoms with Gasteiger partial charge in [-0.25, -0.2) is 4.79 Å². The molecule has 1 heterocycles. The van der Waals surface area contributed by atoms with Gasteiger partial charge >= 0.3 is 5.97 Å². The summed E-state index contributed by atoms with van der Waals surface area (Å²) in [6, 6.07) is 3.46. The maximum Gasteiger partial charge on any atom is 0.345 e. The number of carboxylic acids is 1. The molecule has 0 saturated heterocycles. The van der Waals surface area contributed by atoms with E-state index in [0.717, 1.165) is 29.4 Å². The van der Waals surface area contributed by atoms with Crippen molar-refractivity contribution in [2.75, 3.05) is 18.0 Å². The van der Waals surface area contributed by atoms with Crippen molar-refractivity contribution in [1.82, 2.24) is 0 Å². The monoisotopic (exact) mass is 224 g/mol. The normalized spacial score (nSPS) is 9.67. The highest BCUT2D eigenvalue weighted by Gasteiger charge is 2.16. The summed E-state index contributed by atoms with van der Waals surface area (Å²) in [5.41, 5.74) is 0.445. The van der Waals surface area contributed by atoms with E-state index in [1.807, 2.05) is 24.8 Å². The minimum atomic E-state index is -0.977.